The van der Waals surface area contributed by atoms with E-state index in [0.717, 1.165) is 11.8 Å². The van der Waals surface area contributed by atoms with Crippen LogP contribution in [0.4, 0.5) is 0 Å². The highest BCUT2D eigenvalue weighted by Crippen LogP contribution is 2.35. The minimum atomic E-state index is 0.923. The van der Waals surface area contributed by atoms with Crippen LogP contribution in [0.25, 0.3) is 10.1 Å². The Kier molecular flexibility index (Phi) is 3.30. The number of rotatable bonds is 2. The number of alkyl halides is 1. The van der Waals surface area contributed by atoms with E-state index in [9.17, 15) is 0 Å². The Hall–Kier alpha value is 0.140. The third kappa shape index (κ3) is 1.77. The molecule has 0 nitrogen and oxygen atoms in total. The molecule has 0 spiro atoms. The Morgan fingerprint density at radius 2 is 2.14 bits per heavy atom. The molecule has 0 radical (unpaired) electrons. The number of hydrogen-bond donors (Lipinski definition) is 0. The molecule has 0 saturated carbocycles. The first-order chi connectivity index (χ1) is 6.76. The summed E-state index contributed by atoms with van der Waals surface area (Å²) in [4.78, 5) is 0. The number of fused-ring (bicyclic) bond motifs is 1. The summed E-state index contributed by atoms with van der Waals surface area (Å²) in [5, 5.41) is 4.45. The van der Waals surface area contributed by atoms with Crippen molar-refractivity contribution in [3.63, 3.8) is 0 Å². The molecule has 1 aromatic heterocycles. The monoisotopic (exact) mass is 332 g/mol. The van der Waals surface area contributed by atoms with Crippen molar-refractivity contribution in [3.8, 4) is 0 Å². The summed E-state index contributed by atoms with van der Waals surface area (Å²) in [6.07, 6.45) is 1.10. The van der Waals surface area contributed by atoms with Crippen LogP contribution in [0.2, 0.25) is 0 Å². The molecule has 0 aliphatic rings. The van der Waals surface area contributed by atoms with Gasteiger partial charge in [-0.15, -0.1) is 11.3 Å². The lowest BCUT2D eigenvalue weighted by Gasteiger charge is -2.03. The van der Waals surface area contributed by atoms with Crippen LogP contribution >= 0.6 is 43.2 Å². The van der Waals surface area contributed by atoms with Gasteiger partial charge < -0.3 is 0 Å². The molecular formula is C11H10Br2S. The number of halogens is 2. The molecular weight excluding hydrogens is 324 g/mol. The first-order valence-electron chi connectivity index (χ1n) is 4.50. The molecule has 0 atom stereocenters. The molecule has 1 aromatic carbocycles. The van der Waals surface area contributed by atoms with Crippen LogP contribution in [-0.2, 0) is 11.8 Å². The van der Waals surface area contributed by atoms with Crippen molar-refractivity contribution in [2.75, 3.05) is 0 Å². The Bertz CT molecular complexity index is 460. The maximum absolute atomic E-state index is 3.59. The van der Waals surface area contributed by atoms with E-state index in [4.69, 9.17) is 0 Å². The quantitative estimate of drug-likeness (QED) is 0.669. The maximum Gasteiger partial charge on any atom is 0.0364 e. The fourth-order valence-corrected chi connectivity index (χ4v) is 3.83. The molecule has 0 fully saturated rings. The molecule has 3 heteroatoms. The minimum absolute atomic E-state index is 0.923. The van der Waals surface area contributed by atoms with Crippen molar-refractivity contribution in [1.82, 2.24) is 0 Å². The van der Waals surface area contributed by atoms with E-state index in [1.807, 2.05) is 0 Å². The summed E-state index contributed by atoms with van der Waals surface area (Å²) in [5.74, 6) is 0. The predicted octanol–water partition coefficient (Wildman–Crippen LogP) is 5.12. The van der Waals surface area contributed by atoms with E-state index in [0.29, 0.717) is 0 Å². The SMILES string of the molecule is CCc1cc(CBr)c2c(Br)csc2c1. The van der Waals surface area contributed by atoms with E-state index in [2.05, 4.69) is 56.3 Å². The Morgan fingerprint density at radius 1 is 1.36 bits per heavy atom. The van der Waals surface area contributed by atoms with Crippen LogP contribution in [0.5, 0.6) is 0 Å². The van der Waals surface area contributed by atoms with Crippen LogP contribution in [0.1, 0.15) is 18.1 Å². The zero-order valence-electron chi connectivity index (χ0n) is 7.81. The normalized spacial score (nSPS) is 11.1. The molecule has 0 amide bonds. The minimum Gasteiger partial charge on any atom is -0.143 e. The smallest absolute Gasteiger partial charge is 0.0364 e. The molecule has 74 valence electrons. The van der Waals surface area contributed by atoms with Gasteiger partial charge in [0, 0.05) is 25.3 Å². The largest absolute Gasteiger partial charge is 0.143 e. The summed E-state index contributed by atoms with van der Waals surface area (Å²) in [6, 6.07) is 4.57. The molecule has 0 bridgehead atoms. The fourth-order valence-electron chi connectivity index (χ4n) is 1.58. The molecule has 14 heavy (non-hydrogen) atoms. The van der Waals surface area contributed by atoms with E-state index < -0.39 is 0 Å². The lowest BCUT2D eigenvalue weighted by atomic mass is 10.1. The van der Waals surface area contributed by atoms with Crippen molar-refractivity contribution >= 4 is 53.3 Å². The molecule has 0 aliphatic heterocycles. The van der Waals surface area contributed by atoms with Gasteiger partial charge in [-0.25, -0.2) is 0 Å². The summed E-state index contributed by atoms with van der Waals surface area (Å²) in [5.41, 5.74) is 2.80. The standard InChI is InChI=1S/C11H10Br2S/c1-2-7-3-8(5-12)11-9(13)6-14-10(11)4-7/h3-4,6H,2,5H2,1H3. The topological polar surface area (TPSA) is 0 Å². The average molecular weight is 334 g/mol. The highest BCUT2D eigenvalue weighted by molar-refractivity contribution is 9.10. The zero-order chi connectivity index (χ0) is 10.1. The Balaban J connectivity index is 2.76. The van der Waals surface area contributed by atoms with Crippen LogP contribution in [-0.4, -0.2) is 0 Å². The molecule has 2 aromatic rings. The van der Waals surface area contributed by atoms with Gasteiger partial charge in [-0.05, 0) is 39.5 Å². The number of thiophene rings is 1. The third-order valence-electron chi connectivity index (χ3n) is 2.32. The van der Waals surface area contributed by atoms with E-state index in [1.54, 1.807) is 11.3 Å². The summed E-state index contributed by atoms with van der Waals surface area (Å²) < 4.78 is 2.60. The van der Waals surface area contributed by atoms with E-state index in [1.165, 1.54) is 25.7 Å². The van der Waals surface area contributed by atoms with Crippen molar-refractivity contribution in [3.05, 3.63) is 33.1 Å². The van der Waals surface area contributed by atoms with Crippen LogP contribution < -0.4 is 0 Å². The van der Waals surface area contributed by atoms with Gasteiger partial charge >= 0.3 is 0 Å². The summed E-state index contributed by atoms with van der Waals surface area (Å²) in [6.45, 7) is 2.20. The van der Waals surface area contributed by atoms with E-state index >= 15 is 0 Å². The van der Waals surface area contributed by atoms with Gasteiger partial charge in [0.1, 0.15) is 0 Å². The highest BCUT2D eigenvalue weighted by atomic mass is 79.9. The predicted molar refractivity (Wildman–Crippen MR) is 71.5 cm³/mol. The first-order valence-corrected chi connectivity index (χ1v) is 7.30. The van der Waals surface area contributed by atoms with Gasteiger partial charge in [0.15, 0.2) is 0 Å². The van der Waals surface area contributed by atoms with Crippen LogP contribution in [0.15, 0.2) is 22.0 Å². The maximum atomic E-state index is 3.59. The lowest BCUT2D eigenvalue weighted by Crippen LogP contribution is -1.85. The number of aryl methyl sites for hydroxylation is 1. The molecule has 0 N–H and O–H groups in total. The van der Waals surface area contributed by atoms with Gasteiger partial charge in [-0.2, -0.15) is 0 Å². The third-order valence-corrected chi connectivity index (χ3v) is 4.79. The van der Waals surface area contributed by atoms with Crippen LogP contribution in [0.3, 0.4) is 0 Å². The first kappa shape index (κ1) is 10.7. The fraction of sp³-hybridized carbons (Fsp3) is 0.273. The molecule has 1 heterocycles. The Morgan fingerprint density at radius 3 is 2.79 bits per heavy atom. The second-order valence-corrected chi connectivity index (χ2v) is 5.53. The molecule has 0 aliphatic carbocycles. The second kappa shape index (κ2) is 4.33. The van der Waals surface area contributed by atoms with Crippen molar-refractivity contribution in [2.24, 2.45) is 0 Å². The lowest BCUT2D eigenvalue weighted by molar-refractivity contribution is 1.14. The Labute approximate surface area is 105 Å². The van der Waals surface area contributed by atoms with Gasteiger partial charge in [-0.3, -0.25) is 0 Å². The van der Waals surface area contributed by atoms with Gasteiger partial charge in [0.25, 0.3) is 0 Å². The van der Waals surface area contributed by atoms with Crippen molar-refractivity contribution in [2.45, 2.75) is 18.7 Å². The van der Waals surface area contributed by atoms with E-state index in [-0.39, 0.29) is 0 Å². The zero-order valence-corrected chi connectivity index (χ0v) is 11.8. The number of hydrogen-bond acceptors (Lipinski definition) is 1. The van der Waals surface area contributed by atoms with Gasteiger partial charge in [0.2, 0.25) is 0 Å². The van der Waals surface area contributed by atoms with Crippen molar-refractivity contribution in [1.29, 1.82) is 0 Å². The van der Waals surface area contributed by atoms with Gasteiger partial charge in [-0.1, -0.05) is 28.9 Å². The summed E-state index contributed by atoms with van der Waals surface area (Å²) in [7, 11) is 0. The summed E-state index contributed by atoms with van der Waals surface area (Å²) >= 11 is 8.94. The van der Waals surface area contributed by atoms with Gasteiger partial charge in [0.05, 0.1) is 0 Å². The number of benzene rings is 1. The molecule has 2 rings (SSSR count). The van der Waals surface area contributed by atoms with Crippen LogP contribution in [0, 0.1) is 0 Å². The molecule has 0 unspecified atom stereocenters. The molecule has 0 saturated heterocycles. The highest BCUT2D eigenvalue weighted by Gasteiger charge is 2.07. The van der Waals surface area contributed by atoms with Crippen molar-refractivity contribution < 1.29 is 0 Å². The second-order valence-electron chi connectivity index (χ2n) is 3.20. The average Bonchev–Trinajstić information content (AvgIpc) is 2.59.